The zero-order valence-electron chi connectivity index (χ0n) is 17.4. The second-order valence-corrected chi connectivity index (χ2v) is 11.5. The van der Waals surface area contributed by atoms with Crippen molar-refractivity contribution in [3.8, 4) is 11.3 Å². The molecule has 10 heteroatoms. The van der Waals surface area contributed by atoms with Crippen LogP contribution in [0, 0.1) is 0 Å². The molecule has 1 saturated heterocycles. The van der Waals surface area contributed by atoms with E-state index in [1.54, 1.807) is 12.1 Å². The summed E-state index contributed by atoms with van der Waals surface area (Å²) in [5.41, 5.74) is 2.48. The van der Waals surface area contributed by atoms with E-state index in [0.29, 0.717) is 32.0 Å². The number of carbonyl (C=O) groups excluding carboxylic acids is 1. The molecule has 0 unspecified atom stereocenters. The predicted molar refractivity (Wildman–Crippen MR) is 128 cm³/mol. The zero-order chi connectivity index (χ0) is 22.6. The van der Waals surface area contributed by atoms with Crippen LogP contribution in [0.5, 0.6) is 0 Å². The number of thiazole rings is 1. The molecular weight excluding hydrogens is 466 g/mol. The summed E-state index contributed by atoms with van der Waals surface area (Å²) in [5.74, 6) is -0.171. The van der Waals surface area contributed by atoms with Crippen LogP contribution in [0.2, 0.25) is 0 Å². The number of amides is 1. The standard InChI is InChI=1S/C22H23N3O4S3/c1-16(31-22-24-20(15-30-22)17-5-3-2-4-6-17)21(26)23-18-7-9-19(10-8-18)32(27,28)25-11-13-29-14-12-25/h2-10,15-16H,11-14H2,1H3,(H,23,26)/t16-/m1/s1. The molecule has 0 bridgehead atoms. The summed E-state index contributed by atoms with van der Waals surface area (Å²) in [7, 11) is -3.56. The SMILES string of the molecule is C[C@@H](Sc1nc(-c2ccccc2)cs1)C(=O)Nc1ccc(S(=O)(=O)N2CCOCC2)cc1. The van der Waals surface area contributed by atoms with E-state index in [0.717, 1.165) is 15.6 Å². The summed E-state index contributed by atoms with van der Waals surface area (Å²) < 4.78 is 32.9. The molecule has 1 amide bonds. The summed E-state index contributed by atoms with van der Waals surface area (Å²) >= 11 is 2.90. The highest BCUT2D eigenvalue weighted by Gasteiger charge is 2.26. The van der Waals surface area contributed by atoms with Crippen molar-refractivity contribution in [1.29, 1.82) is 0 Å². The van der Waals surface area contributed by atoms with Crippen LogP contribution in [0.15, 0.2) is 69.2 Å². The molecule has 0 radical (unpaired) electrons. The Morgan fingerprint density at radius 1 is 1.12 bits per heavy atom. The van der Waals surface area contributed by atoms with Gasteiger partial charge in [0.2, 0.25) is 15.9 Å². The van der Waals surface area contributed by atoms with Gasteiger partial charge in [0.25, 0.3) is 0 Å². The van der Waals surface area contributed by atoms with Crippen molar-refractivity contribution in [3.05, 3.63) is 60.0 Å². The van der Waals surface area contributed by atoms with E-state index in [-0.39, 0.29) is 16.1 Å². The molecule has 2 heterocycles. The zero-order valence-corrected chi connectivity index (χ0v) is 19.9. The van der Waals surface area contributed by atoms with Gasteiger partial charge in [-0.3, -0.25) is 4.79 Å². The number of nitrogens with zero attached hydrogens (tertiary/aromatic N) is 2. The molecule has 1 atom stereocenters. The average molecular weight is 490 g/mol. The second kappa shape index (κ2) is 10.1. The lowest BCUT2D eigenvalue weighted by Crippen LogP contribution is -2.40. The Morgan fingerprint density at radius 2 is 1.81 bits per heavy atom. The maximum Gasteiger partial charge on any atom is 0.243 e. The fourth-order valence-corrected chi connectivity index (χ4v) is 6.53. The van der Waals surface area contributed by atoms with Crippen molar-refractivity contribution in [3.63, 3.8) is 0 Å². The molecule has 0 saturated carbocycles. The summed E-state index contributed by atoms with van der Waals surface area (Å²) in [6.07, 6.45) is 0. The molecule has 0 spiro atoms. The van der Waals surface area contributed by atoms with Gasteiger partial charge in [-0.15, -0.1) is 11.3 Å². The van der Waals surface area contributed by atoms with Gasteiger partial charge in [-0.1, -0.05) is 42.1 Å². The third kappa shape index (κ3) is 5.38. The highest BCUT2D eigenvalue weighted by molar-refractivity contribution is 8.02. The summed E-state index contributed by atoms with van der Waals surface area (Å²) in [5, 5.41) is 4.47. The summed E-state index contributed by atoms with van der Waals surface area (Å²) in [6.45, 7) is 3.31. The first-order valence-electron chi connectivity index (χ1n) is 10.1. The summed E-state index contributed by atoms with van der Waals surface area (Å²) in [6, 6.07) is 16.2. The number of thioether (sulfide) groups is 1. The minimum Gasteiger partial charge on any atom is -0.379 e. The Balaban J connectivity index is 1.36. The van der Waals surface area contributed by atoms with Crippen LogP contribution in [0.4, 0.5) is 5.69 Å². The lowest BCUT2D eigenvalue weighted by Gasteiger charge is -2.26. The highest BCUT2D eigenvalue weighted by Crippen LogP contribution is 2.31. The number of hydrogen-bond acceptors (Lipinski definition) is 7. The lowest BCUT2D eigenvalue weighted by atomic mass is 10.2. The van der Waals surface area contributed by atoms with Gasteiger partial charge in [-0.2, -0.15) is 4.31 Å². The summed E-state index contributed by atoms with van der Waals surface area (Å²) in [4.78, 5) is 17.4. The minimum absolute atomic E-state index is 0.171. The van der Waals surface area contributed by atoms with Gasteiger partial charge in [-0.25, -0.2) is 13.4 Å². The van der Waals surface area contributed by atoms with E-state index in [2.05, 4.69) is 10.3 Å². The molecule has 1 N–H and O–H groups in total. The number of aromatic nitrogens is 1. The Labute approximate surface area is 195 Å². The van der Waals surface area contributed by atoms with E-state index in [4.69, 9.17) is 4.74 Å². The number of hydrogen-bond donors (Lipinski definition) is 1. The number of sulfonamides is 1. The molecule has 1 aromatic heterocycles. The van der Waals surface area contributed by atoms with E-state index in [1.165, 1.54) is 39.5 Å². The maximum absolute atomic E-state index is 12.7. The molecule has 3 aromatic rings. The molecule has 1 aliphatic rings. The molecule has 1 aliphatic heterocycles. The van der Waals surface area contributed by atoms with Crippen molar-refractivity contribution in [1.82, 2.24) is 9.29 Å². The Morgan fingerprint density at radius 3 is 2.50 bits per heavy atom. The highest BCUT2D eigenvalue weighted by atomic mass is 32.2. The van der Waals surface area contributed by atoms with Crippen LogP contribution in [-0.4, -0.2) is 55.2 Å². The van der Waals surface area contributed by atoms with Gasteiger partial charge in [-0.05, 0) is 31.2 Å². The van der Waals surface area contributed by atoms with Crippen LogP contribution in [0.1, 0.15) is 6.92 Å². The number of anilines is 1. The van der Waals surface area contributed by atoms with Gasteiger partial charge in [0.15, 0.2) is 4.34 Å². The van der Waals surface area contributed by atoms with Crippen LogP contribution in [-0.2, 0) is 19.6 Å². The molecule has 1 fully saturated rings. The molecule has 168 valence electrons. The third-order valence-electron chi connectivity index (χ3n) is 4.93. The Hall–Kier alpha value is -2.24. The van der Waals surface area contributed by atoms with Crippen LogP contribution >= 0.6 is 23.1 Å². The molecule has 0 aliphatic carbocycles. The quantitative estimate of drug-likeness (QED) is 0.506. The van der Waals surface area contributed by atoms with Crippen molar-refractivity contribution < 1.29 is 17.9 Å². The number of nitrogens with one attached hydrogen (secondary N) is 1. The largest absolute Gasteiger partial charge is 0.379 e. The molecular formula is C22H23N3O4S3. The van der Waals surface area contributed by atoms with Gasteiger partial charge in [0, 0.05) is 29.7 Å². The van der Waals surface area contributed by atoms with Crippen LogP contribution in [0.25, 0.3) is 11.3 Å². The van der Waals surface area contributed by atoms with E-state index < -0.39 is 10.0 Å². The van der Waals surface area contributed by atoms with E-state index >= 15 is 0 Å². The van der Waals surface area contributed by atoms with Crippen molar-refractivity contribution in [2.45, 2.75) is 21.4 Å². The minimum atomic E-state index is -3.56. The first kappa shape index (κ1) is 22.9. The van der Waals surface area contributed by atoms with E-state index in [9.17, 15) is 13.2 Å². The average Bonchev–Trinajstić information content (AvgIpc) is 3.29. The van der Waals surface area contributed by atoms with Gasteiger partial charge < -0.3 is 10.1 Å². The third-order valence-corrected chi connectivity index (χ3v) is 8.91. The normalized spacial score (nSPS) is 15.9. The Bertz CT molecular complexity index is 1160. The number of rotatable bonds is 7. The lowest BCUT2D eigenvalue weighted by molar-refractivity contribution is -0.115. The fourth-order valence-electron chi connectivity index (χ4n) is 3.15. The monoisotopic (exact) mass is 489 g/mol. The smallest absolute Gasteiger partial charge is 0.243 e. The maximum atomic E-state index is 12.7. The topological polar surface area (TPSA) is 88.6 Å². The number of morpholine rings is 1. The van der Waals surface area contributed by atoms with Gasteiger partial charge >= 0.3 is 0 Å². The van der Waals surface area contributed by atoms with Crippen LogP contribution in [0.3, 0.4) is 0 Å². The fraction of sp³-hybridized carbons (Fsp3) is 0.273. The van der Waals surface area contributed by atoms with Gasteiger partial charge in [0.05, 0.1) is 29.1 Å². The molecule has 4 rings (SSSR count). The first-order chi connectivity index (χ1) is 15.4. The van der Waals surface area contributed by atoms with Crippen molar-refractivity contribution in [2.75, 3.05) is 31.6 Å². The first-order valence-corrected chi connectivity index (χ1v) is 13.3. The van der Waals surface area contributed by atoms with Crippen LogP contribution < -0.4 is 5.32 Å². The predicted octanol–water partition coefficient (Wildman–Crippen LogP) is 3.95. The van der Waals surface area contributed by atoms with Crippen molar-refractivity contribution in [2.24, 2.45) is 0 Å². The second-order valence-electron chi connectivity index (χ2n) is 7.15. The molecule has 7 nitrogen and oxygen atoms in total. The number of carbonyl (C=O) groups is 1. The number of benzene rings is 2. The van der Waals surface area contributed by atoms with Crippen molar-refractivity contribution >= 4 is 44.7 Å². The Kier molecular flexibility index (Phi) is 7.27. The molecule has 2 aromatic carbocycles. The van der Waals surface area contributed by atoms with E-state index in [1.807, 2.05) is 42.6 Å². The van der Waals surface area contributed by atoms with Gasteiger partial charge in [0.1, 0.15) is 0 Å². The molecule has 32 heavy (non-hydrogen) atoms. The number of ether oxygens (including phenoxy) is 1.